The summed E-state index contributed by atoms with van der Waals surface area (Å²) in [6.07, 6.45) is -3.52. The Bertz CT molecular complexity index is 376. The minimum atomic E-state index is -4.79. The molecule has 1 aromatic rings. The van der Waals surface area contributed by atoms with Gasteiger partial charge in [0.05, 0.1) is 0 Å². The van der Waals surface area contributed by atoms with Crippen LogP contribution in [0.3, 0.4) is 0 Å². The molecular weight excluding hydrogens is 243 g/mol. The number of alkyl halides is 3. The van der Waals surface area contributed by atoms with Crippen LogP contribution in [0.2, 0.25) is 0 Å². The van der Waals surface area contributed by atoms with E-state index in [2.05, 4.69) is 0 Å². The van der Waals surface area contributed by atoms with E-state index >= 15 is 0 Å². The first-order chi connectivity index (χ1) is 8.41. The molecule has 0 aliphatic carbocycles. The summed E-state index contributed by atoms with van der Waals surface area (Å²) in [4.78, 5) is 10.5. The molecule has 0 aromatic heterocycles. The zero-order valence-corrected chi connectivity index (χ0v) is 10.1. The quantitative estimate of drug-likeness (QED) is 0.808. The molecule has 1 unspecified atom stereocenters. The Hall–Kier alpha value is -1.52. The topological polar surface area (TPSA) is 29.1 Å². The summed E-state index contributed by atoms with van der Waals surface area (Å²) in [7, 11) is 0. The van der Waals surface area contributed by atoms with E-state index in [0.717, 1.165) is 12.0 Å². The minimum absolute atomic E-state index is 0.0511. The maximum atomic E-state index is 11.9. The molecule has 18 heavy (non-hydrogen) atoms. The summed E-state index contributed by atoms with van der Waals surface area (Å²) < 4.78 is 35.7. The number of hydrogen-bond donors (Lipinski definition) is 1. The Labute approximate surface area is 104 Å². The molecule has 1 N–H and O–H groups in total. The smallest absolute Gasteiger partial charge is 0.348 e. The van der Waals surface area contributed by atoms with Gasteiger partial charge in [-0.05, 0) is 24.3 Å². The van der Waals surface area contributed by atoms with Crippen molar-refractivity contribution in [3.8, 4) is 0 Å². The van der Waals surface area contributed by atoms with E-state index in [1.807, 2.05) is 42.6 Å². The summed E-state index contributed by atoms with van der Waals surface area (Å²) >= 11 is 0. The van der Waals surface area contributed by atoms with Crippen LogP contribution >= 0.6 is 0 Å². The molecule has 1 atom stereocenters. The van der Waals surface area contributed by atoms with E-state index in [0.29, 0.717) is 6.42 Å². The van der Waals surface area contributed by atoms with E-state index in [1.54, 1.807) is 0 Å². The van der Waals surface area contributed by atoms with E-state index in [-0.39, 0.29) is 12.5 Å². The van der Waals surface area contributed by atoms with Gasteiger partial charge in [-0.2, -0.15) is 13.2 Å². The Morgan fingerprint density at radius 1 is 1.28 bits per heavy atom. The summed E-state index contributed by atoms with van der Waals surface area (Å²) in [5.74, 6) is -1.59. The number of carbonyl (C=O) groups excluding carboxylic acids is 1. The zero-order chi connectivity index (χ0) is 13.6. The Morgan fingerprint density at radius 2 is 1.89 bits per heavy atom. The fourth-order valence-electron chi connectivity index (χ4n) is 1.66. The SMILES string of the molecule is CC(CCCNC(=O)C(F)(F)F)c1ccccc1. The Kier molecular flexibility index (Phi) is 5.19. The zero-order valence-electron chi connectivity index (χ0n) is 10.1. The van der Waals surface area contributed by atoms with Crippen molar-refractivity contribution in [3.63, 3.8) is 0 Å². The van der Waals surface area contributed by atoms with Crippen LogP contribution < -0.4 is 5.32 Å². The van der Waals surface area contributed by atoms with Crippen LogP contribution in [0.1, 0.15) is 31.2 Å². The van der Waals surface area contributed by atoms with Crippen molar-refractivity contribution in [1.82, 2.24) is 5.32 Å². The van der Waals surface area contributed by atoms with Gasteiger partial charge in [-0.25, -0.2) is 0 Å². The maximum Gasteiger partial charge on any atom is 0.471 e. The largest absolute Gasteiger partial charge is 0.471 e. The molecule has 0 aliphatic heterocycles. The van der Waals surface area contributed by atoms with Gasteiger partial charge in [0.25, 0.3) is 0 Å². The van der Waals surface area contributed by atoms with Crippen molar-refractivity contribution >= 4 is 5.91 Å². The lowest BCUT2D eigenvalue weighted by Gasteiger charge is -2.12. The van der Waals surface area contributed by atoms with Gasteiger partial charge in [-0.1, -0.05) is 37.3 Å². The van der Waals surface area contributed by atoms with Crippen LogP contribution in [0.4, 0.5) is 13.2 Å². The number of halogens is 3. The molecule has 1 amide bonds. The summed E-state index contributed by atoms with van der Waals surface area (Å²) in [5, 5.41) is 1.87. The fraction of sp³-hybridized carbons (Fsp3) is 0.462. The van der Waals surface area contributed by atoms with E-state index in [4.69, 9.17) is 0 Å². The van der Waals surface area contributed by atoms with Crippen LogP contribution in [0.5, 0.6) is 0 Å². The second-order valence-electron chi connectivity index (χ2n) is 4.21. The lowest BCUT2D eigenvalue weighted by Crippen LogP contribution is -2.37. The number of benzene rings is 1. The molecule has 0 heterocycles. The lowest BCUT2D eigenvalue weighted by atomic mass is 9.96. The number of nitrogens with one attached hydrogen (secondary N) is 1. The molecule has 1 rings (SSSR count). The summed E-state index contributed by atoms with van der Waals surface area (Å²) in [5.41, 5.74) is 1.15. The van der Waals surface area contributed by atoms with Crippen molar-refractivity contribution in [3.05, 3.63) is 35.9 Å². The third-order valence-electron chi connectivity index (χ3n) is 2.73. The first kappa shape index (κ1) is 14.5. The molecule has 0 saturated heterocycles. The van der Waals surface area contributed by atoms with Gasteiger partial charge >= 0.3 is 12.1 Å². The highest BCUT2D eigenvalue weighted by molar-refractivity contribution is 5.81. The molecule has 0 fully saturated rings. The Morgan fingerprint density at radius 3 is 2.44 bits per heavy atom. The fourth-order valence-corrected chi connectivity index (χ4v) is 1.66. The van der Waals surface area contributed by atoms with Gasteiger partial charge < -0.3 is 5.32 Å². The Balaban J connectivity index is 2.25. The van der Waals surface area contributed by atoms with Crippen LogP contribution in [0.25, 0.3) is 0 Å². The van der Waals surface area contributed by atoms with Gasteiger partial charge in [0.2, 0.25) is 0 Å². The van der Waals surface area contributed by atoms with E-state index in [9.17, 15) is 18.0 Å². The molecule has 100 valence electrons. The monoisotopic (exact) mass is 259 g/mol. The molecule has 2 nitrogen and oxygen atoms in total. The molecule has 0 spiro atoms. The highest BCUT2D eigenvalue weighted by Crippen LogP contribution is 2.20. The van der Waals surface area contributed by atoms with Crippen molar-refractivity contribution in [2.24, 2.45) is 0 Å². The number of amides is 1. The lowest BCUT2D eigenvalue weighted by molar-refractivity contribution is -0.173. The van der Waals surface area contributed by atoms with Gasteiger partial charge in [0.15, 0.2) is 0 Å². The normalized spacial score (nSPS) is 13.1. The molecule has 0 radical (unpaired) electrons. The minimum Gasteiger partial charge on any atom is -0.348 e. The summed E-state index contributed by atoms with van der Waals surface area (Å²) in [6, 6.07) is 9.74. The van der Waals surface area contributed by atoms with Crippen molar-refractivity contribution < 1.29 is 18.0 Å². The molecular formula is C13H16F3NO. The second kappa shape index (κ2) is 6.42. The number of hydrogen-bond acceptors (Lipinski definition) is 1. The van der Waals surface area contributed by atoms with Gasteiger partial charge in [-0.15, -0.1) is 0 Å². The van der Waals surface area contributed by atoms with Gasteiger partial charge in [-0.3, -0.25) is 4.79 Å². The van der Waals surface area contributed by atoms with E-state index < -0.39 is 12.1 Å². The van der Waals surface area contributed by atoms with Gasteiger partial charge in [0, 0.05) is 6.54 Å². The average molecular weight is 259 g/mol. The second-order valence-corrected chi connectivity index (χ2v) is 4.21. The molecule has 0 saturated carbocycles. The van der Waals surface area contributed by atoms with Crippen LogP contribution in [0.15, 0.2) is 30.3 Å². The molecule has 0 bridgehead atoms. The molecule has 0 aliphatic rings. The van der Waals surface area contributed by atoms with Crippen LogP contribution in [-0.2, 0) is 4.79 Å². The van der Waals surface area contributed by atoms with Crippen molar-refractivity contribution in [2.75, 3.05) is 6.54 Å². The highest BCUT2D eigenvalue weighted by atomic mass is 19.4. The first-order valence-corrected chi connectivity index (χ1v) is 5.81. The molecule has 1 aromatic carbocycles. The van der Waals surface area contributed by atoms with E-state index in [1.165, 1.54) is 0 Å². The van der Waals surface area contributed by atoms with Gasteiger partial charge in [0.1, 0.15) is 0 Å². The third kappa shape index (κ3) is 4.77. The van der Waals surface area contributed by atoms with Crippen molar-refractivity contribution in [1.29, 1.82) is 0 Å². The molecule has 5 heteroatoms. The predicted molar refractivity (Wildman–Crippen MR) is 63.2 cm³/mol. The number of rotatable bonds is 5. The predicted octanol–water partition coefficient (Wildman–Crippen LogP) is 3.25. The highest BCUT2D eigenvalue weighted by Gasteiger charge is 2.38. The van der Waals surface area contributed by atoms with Crippen LogP contribution in [-0.4, -0.2) is 18.6 Å². The van der Waals surface area contributed by atoms with Crippen LogP contribution in [0, 0.1) is 0 Å². The average Bonchev–Trinajstić information content (AvgIpc) is 2.34. The maximum absolute atomic E-state index is 11.9. The third-order valence-corrected chi connectivity index (χ3v) is 2.73. The van der Waals surface area contributed by atoms with Crippen molar-refractivity contribution in [2.45, 2.75) is 31.9 Å². The number of carbonyl (C=O) groups is 1. The first-order valence-electron chi connectivity index (χ1n) is 5.81. The standard InChI is InChI=1S/C13H16F3NO/c1-10(11-7-3-2-4-8-11)6-5-9-17-12(18)13(14,15)16/h2-4,7-8,10H,5-6,9H2,1H3,(H,17,18). The summed E-state index contributed by atoms with van der Waals surface area (Å²) in [6.45, 7) is 2.07.